The lowest BCUT2D eigenvalue weighted by Crippen LogP contribution is -2.49. The first-order valence-electron chi connectivity index (χ1n) is 9.27. The van der Waals surface area contributed by atoms with Crippen LogP contribution in [0.2, 0.25) is 5.15 Å². The Morgan fingerprint density at radius 1 is 1.25 bits per heavy atom. The average molecular weight is 401 g/mol. The SMILES string of the molecule is Nc1cc(-c2[nH]nc3nc(N4CCC5(CC4)COCC5N)cnc23)cc(Cl)n1. The second-order valence-corrected chi connectivity index (χ2v) is 7.96. The smallest absolute Gasteiger partial charge is 0.202 e. The van der Waals surface area contributed by atoms with Crippen LogP contribution in [-0.2, 0) is 4.74 Å². The number of ether oxygens (including phenoxy) is 1. The molecule has 2 aliphatic heterocycles. The molecule has 0 radical (unpaired) electrons. The first kappa shape index (κ1) is 17.6. The molecule has 2 saturated heterocycles. The van der Waals surface area contributed by atoms with Crippen molar-refractivity contribution in [3.8, 4) is 11.3 Å². The average Bonchev–Trinajstić information content (AvgIpc) is 3.25. The van der Waals surface area contributed by atoms with Crippen LogP contribution in [0.15, 0.2) is 18.3 Å². The largest absolute Gasteiger partial charge is 0.384 e. The van der Waals surface area contributed by atoms with Crippen LogP contribution in [0.25, 0.3) is 22.4 Å². The van der Waals surface area contributed by atoms with Crippen LogP contribution in [0, 0.1) is 5.41 Å². The van der Waals surface area contributed by atoms with Gasteiger partial charge in [0.05, 0.1) is 25.1 Å². The molecule has 0 bridgehead atoms. The van der Waals surface area contributed by atoms with Crippen molar-refractivity contribution >= 4 is 34.4 Å². The number of nitrogens with one attached hydrogen (secondary N) is 1. The highest BCUT2D eigenvalue weighted by atomic mass is 35.5. The highest BCUT2D eigenvalue weighted by Gasteiger charge is 2.44. The van der Waals surface area contributed by atoms with Gasteiger partial charge in [-0.15, -0.1) is 0 Å². The molecule has 5 heterocycles. The number of nitrogens with two attached hydrogens (primary N) is 2. The molecular formula is C18H21ClN8O. The maximum atomic E-state index is 6.27. The summed E-state index contributed by atoms with van der Waals surface area (Å²) in [6.07, 6.45) is 3.78. The van der Waals surface area contributed by atoms with E-state index in [4.69, 9.17) is 32.8 Å². The monoisotopic (exact) mass is 400 g/mol. The van der Waals surface area contributed by atoms with Crippen molar-refractivity contribution in [1.82, 2.24) is 25.1 Å². The predicted octanol–water partition coefficient (Wildman–Crippen LogP) is 1.59. The van der Waals surface area contributed by atoms with E-state index in [0.29, 0.717) is 28.7 Å². The maximum absolute atomic E-state index is 6.27. The zero-order valence-electron chi connectivity index (χ0n) is 15.2. The van der Waals surface area contributed by atoms with Crippen molar-refractivity contribution in [1.29, 1.82) is 0 Å². The number of H-pyrrole nitrogens is 1. The fourth-order valence-electron chi connectivity index (χ4n) is 4.17. The van der Waals surface area contributed by atoms with Gasteiger partial charge in [-0.05, 0) is 25.0 Å². The second kappa shape index (κ2) is 6.54. The lowest BCUT2D eigenvalue weighted by molar-refractivity contribution is 0.131. The summed E-state index contributed by atoms with van der Waals surface area (Å²) in [4.78, 5) is 15.5. The number of hydrogen-bond donors (Lipinski definition) is 3. The molecule has 0 aromatic carbocycles. The standard InChI is InChI=1S/C18H21ClN8O/c19-12-5-10(6-13(21)23-12)15-16-17(26-25-15)24-14(7-22-16)27-3-1-18(2-4-27)9-28-8-11(18)20/h5-7,11H,1-4,8-9,20H2,(H2,21,23)(H,24,25,26). The molecule has 10 heteroatoms. The lowest BCUT2D eigenvalue weighted by Gasteiger charge is -2.41. The van der Waals surface area contributed by atoms with Crippen molar-refractivity contribution in [2.75, 3.05) is 36.9 Å². The molecule has 2 fully saturated rings. The van der Waals surface area contributed by atoms with Gasteiger partial charge in [0, 0.05) is 30.1 Å². The van der Waals surface area contributed by atoms with Crippen LogP contribution < -0.4 is 16.4 Å². The number of fused-ring (bicyclic) bond motifs is 1. The van der Waals surface area contributed by atoms with Crippen LogP contribution >= 0.6 is 11.6 Å². The molecule has 5 rings (SSSR count). The minimum Gasteiger partial charge on any atom is -0.384 e. The Hall–Kier alpha value is -2.49. The number of nitrogens with zero attached hydrogens (tertiary/aromatic N) is 5. The molecule has 9 nitrogen and oxygen atoms in total. The van der Waals surface area contributed by atoms with Crippen molar-refractivity contribution in [2.45, 2.75) is 18.9 Å². The molecule has 0 saturated carbocycles. The van der Waals surface area contributed by atoms with Crippen LogP contribution in [0.3, 0.4) is 0 Å². The fraction of sp³-hybridized carbons (Fsp3) is 0.444. The highest BCUT2D eigenvalue weighted by Crippen LogP contribution is 2.39. The number of aromatic nitrogens is 5. The Bertz CT molecular complexity index is 1010. The fourth-order valence-corrected chi connectivity index (χ4v) is 4.39. The molecule has 2 aliphatic rings. The van der Waals surface area contributed by atoms with E-state index in [-0.39, 0.29) is 11.5 Å². The van der Waals surface area contributed by atoms with Gasteiger partial charge < -0.3 is 21.1 Å². The Balaban J connectivity index is 1.41. The summed E-state index contributed by atoms with van der Waals surface area (Å²) in [5, 5.41) is 7.63. The minimum atomic E-state index is 0.105. The summed E-state index contributed by atoms with van der Waals surface area (Å²) in [6, 6.07) is 3.57. The van der Waals surface area contributed by atoms with Crippen LogP contribution in [0.1, 0.15) is 12.8 Å². The molecule has 1 atom stereocenters. The normalized spacial score (nSPS) is 21.6. The van der Waals surface area contributed by atoms with E-state index in [1.165, 1.54) is 0 Å². The summed E-state index contributed by atoms with van der Waals surface area (Å²) in [5.41, 5.74) is 14.9. The van der Waals surface area contributed by atoms with Gasteiger partial charge in [-0.3, -0.25) is 5.10 Å². The second-order valence-electron chi connectivity index (χ2n) is 7.57. The molecule has 1 spiro atoms. The first-order valence-corrected chi connectivity index (χ1v) is 9.65. The molecule has 28 heavy (non-hydrogen) atoms. The van der Waals surface area contributed by atoms with E-state index in [9.17, 15) is 0 Å². The number of hydrogen-bond acceptors (Lipinski definition) is 8. The third-order valence-electron chi connectivity index (χ3n) is 5.91. The van der Waals surface area contributed by atoms with Gasteiger partial charge in [-0.25, -0.2) is 15.0 Å². The number of piperidine rings is 1. The zero-order chi connectivity index (χ0) is 19.3. The van der Waals surface area contributed by atoms with E-state index < -0.39 is 0 Å². The highest BCUT2D eigenvalue weighted by molar-refractivity contribution is 6.29. The zero-order valence-corrected chi connectivity index (χ0v) is 16.0. The maximum Gasteiger partial charge on any atom is 0.202 e. The van der Waals surface area contributed by atoms with Crippen molar-refractivity contribution in [2.24, 2.45) is 11.1 Å². The minimum absolute atomic E-state index is 0.105. The molecule has 3 aromatic rings. The van der Waals surface area contributed by atoms with Gasteiger partial charge in [0.25, 0.3) is 0 Å². The quantitative estimate of drug-likeness (QED) is 0.552. The van der Waals surface area contributed by atoms with Gasteiger partial charge in [-0.2, -0.15) is 5.10 Å². The van der Waals surface area contributed by atoms with Crippen molar-refractivity contribution < 1.29 is 4.74 Å². The number of anilines is 2. The summed E-state index contributed by atoms with van der Waals surface area (Å²) in [7, 11) is 0. The number of nitrogen functional groups attached to an aromatic ring is 1. The number of aromatic amines is 1. The lowest BCUT2D eigenvalue weighted by atomic mass is 9.75. The van der Waals surface area contributed by atoms with E-state index in [0.717, 1.165) is 49.6 Å². The first-order chi connectivity index (χ1) is 13.5. The van der Waals surface area contributed by atoms with Crippen LogP contribution in [0.5, 0.6) is 0 Å². The van der Waals surface area contributed by atoms with Crippen LogP contribution in [-0.4, -0.2) is 57.5 Å². The Morgan fingerprint density at radius 3 is 2.79 bits per heavy atom. The molecular weight excluding hydrogens is 380 g/mol. The van der Waals surface area contributed by atoms with E-state index >= 15 is 0 Å². The Labute approximate surface area is 166 Å². The Kier molecular flexibility index (Phi) is 4.11. The van der Waals surface area contributed by atoms with Gasteiger partial charge in [-0.1, -0.05) is 11.6 Å². The van der Waals surface area contributed by atoms with Crippen LogP contribution in [0.4, 0.5) is 11.6 Å². The number of pyridine rings is 1. The number of rotatable bonds is 2. The molecule has 3 aromatic heterocycles. The molecule has 0 aliphatic carbocycles. The van der Waals surface area contributed by atoms with E-state index in [1.807, 2.05) is 0 Å². The molecule has 0 amide bonds. The third-order valence-corrected chi connectivity index (χ3v) is 6.10. The van der Waals surface area contributed by atoms with Gasteiger partial charge in [0.15, 0.2) is 0 Å². The van der Waals surface area contributed by atoms with E-state index in [1.54, 1.807) is 18.3 Å². The molecule has 146 valence electrons. The summed E-state index contributed by atoms with van der Waals surface area (Å²) < 4.78 is 5.60. The topological polar surface area (TPSA) is 132 Å². The van der Waals surface area contributed by atoms with E-state index in [2.05, 4.69) is 25.1 Å². The van der Waals surface area contributed by atoms with Gasteiger partial charge in [0.1, 0.15) is 22.3 Å². The van der Waals surface area contributed by atoms with Gasteiger partial charge in [0.2, 0.25) is 5.65 Å². The molecule has 1 unspecified atom stereocenters. The van der Waals surface area contributed by atoms with Crippen molar-refractivity contribution in [3.63, 3.8) is 0 Å². The summed E-state index contributed by atoms with van der Waals surface area (Å²) in [6.45, 7) is 3.18. The Morgan fingerprint density at radius 2 is 2.07 bits per heavy atom. The summed E-state index contributed by atoms with van der Waals surface area (Å²) in [5.74, 6) is 1.16. The third kappa shape index (κ3) is 2.86. The van der Waals surface area contributed by atoms with Gasteiger partial charge >= 0.3 is 0 Å². The van der Waals surface area contributed by atoms with Crippen molar-refractivity contribution in [3.05, 3.63) is 23.5 Å². The molecule has 5 N–H and O–H groups in total. The number of halogens is 1. The summed E-state index contributed by atoms with van der Waals surface area (Å²) >= 11 is 6.02. The predicted molar refractivity (Wildman–Crippen MR) is 107 cm³/mol.